The quantitative estimate of drug-likeness (QED) is 0.445. The maximum Gasteiger partial charge on any atom is 0.573 e. The molecule has 38 heavy (non-hydrogen) atoms. The lowest BCUT2D eigenvalue weighted by molar-refractivity contribution is -0.274. The Balaban J connectivity index is 1.50. The molecular weight excluding hydrogens is 525 g/mol. The standard InChI is InChI=1S/C25H24ClF3N6O3/c1-31-23-18-12-37-11-17(14-3-6-16(7-4-14)38-25(27,28)29)22(18)33-24(30,34-23)15-5-8-19(20(9-15)36-2)35-10-21(26)32-13-35/h3-10,13,17,33H,11-12,30H2,1-2H3,(H,31,34). The van der Waals surface area contributed by atoms with E-state index in [1.54, 1.807) is 49.4 Å². The van der Waals surface area contributed by atoms with Gasteiger partial charge < -0.3 is 29.4 Å². The minimum absolute atomic E-state index is 0.285. The summed E-state index contributed by atoms with van der Waals surface area (Å²) in [5.41, 5.74) is 10.5. The average Bonchev–Trinajstić information content (AvgIpc) is 3.33. The highest BCUT2D eigenvalue weighted by Crippen LogP contribution is 2.37. The molecule has 9 nitrogen and oxygen atoms in total. The second kappa shape index (κ2) is 9.86. The van der Waals surface area contributed by atoms with Crippen LogP contribution in [0.25, 0.3) is 5.69 Å². The molecule has 3 heterocycles. The number of benzene rings is 2. The van der Waals surface area contributed by atoms with Crippen LogP contribution in [0.3, 0.4) is 0 Å². The van der Waals surface area contributed by atoms with E-state index in [-0.39, 0.29) is 18.3 Å². The van der Waals surface area contributed by atoms with Crippen LogP contribution in [0.15, 0.2) is 71.3 Å². The summed E-state index contributed by atoms with van der Waals surface area (Å²) < 4.78 is 55.0. The van der Waals surface area contributed by atoms with E-state index in [9.17, 15) is 13.2 Å². The van der Waals surface area contributed by atoms with Crippen LogP contribution in [-0.2, 0) is 10.5 Å². The number of nitrogens with two attached hydrogens (primary N) is 1. The van der Waals surface area contributed by atoms with Crippen molar-refractivity contribution in [3.8, 4) is 17.2 Å². The Morgan fingerprint density at radius 2 is 1.97 bits per heavy atom. The van der Waals surface area contributed by atoms with Crippen molar-refractivity contribution >= 4 is 17.4 Å². The first kappa shape index (κ1) is 25.9. The Bertz CT molecular complexity index is 1410. The van der Waals surface area contributed by atoms with Crippen LogP contribution >= 0.6 is 11.6 Å². The molecule has 200 valence electrons. The number of amidine groups is 1. The van der Waals surface area contributed by atoms with Crippen molar-refractivity contribution < 1.29 is 27.4 Å². The number of alkyl halides is 3. The van der Waals surface area contributed by atoms with Crippen molar-refractivity contribution in [3.63, 3.8) is 0 Å². The maximum atomic E-state index is 12.6. The molecule has 0 fully saturated rings. The Labute approximate surface area is 221 Å². The van der Waals surface area contributed by atoms with Crippen LogP contribution in [0, 0.1) is 0 Å². The number of hydrogen-bond donors (Lipinski definition) is 3. The van der Waals surface area contributed by atoms with E-state index in [2.05, 4.69) is 25.3 Å². The molecule has 0 bridgehead atoms. The normalized spacial score (nSPS) is 22.5. The third-order valence-electron chi connectivity index (χ3n) is 6.34. The van der Waals surface area contributed by atoms with E-state index in [4.69, 9.17) is 26.8 Å². The zero-order chi connectivity index (χ0) is 27.1. The highest BCUT2D eigenvalue weighted by molar-refractivity contribution is 6.29. The highest BCUT2D eigenvalue weighted by atomic mass is 35.5. The van der Waals surface area contributed by atoms with Crippen molar-refractivity contribution in [2.45, 2.75) is 18.1 Å². The number of rotatable bonds is 5. The topological polar surface area (TPSA) is 108 Å². The minimum Gasteiger partial charge on any atom is -0.495 e. The summed E-state index contributed by atoms with van der Waals surface area (Å²) in [5.74, 6) is -0.868. The van der Waals surface area contributed by atoms with Crippen LogP contribution < -0.4 is 25.8 Å². The molecule has 2 aromatic carbocycles. The molecule has 1 aromatic heterocycles. The smallest absolute Gasteiger partial charge is 0.495 e. The number of aliphatic imine (C=N–C) groups is 1. The second-order valence-electron chi connectivity index (χ2n) is 8.70. The van der Waals surface area contributed by atoms with E-state index in [1.165, 1.54) is 12.1 Å². The summed E-state index contributed by atoms with van der Waals surface area (Å²) in [6.45, 7) is 0.579. The molecule has 0 saturated carbocycles. The van der Waals surface area contributed by atoms with Gasteiger partial charge in [-0.05, 0) is 29.8 Å². The number of nitrogens with one attached hydrogen (secondary N) is 2. The Morgan fingerprint density at radius 1 is 1.21 bits per heavy atom. The van der Waals surface area contributed by atoms with Crippen molar-refractivity contribution in [3.05, 3.63) is 82.5 Å². The van der Waals surface area contributed by atoms with Gasteiger partial charge in [0, 0.05) is 36.0 Å². The van der Waals surface area contributed by atoms with Crippen LogP contribution in [0.1, 0.15) is 17.0 Å². The molecule has 2 unspecified atom stereocenters. The summed E-state index contributed by atoms with van der Waals surface area (Å²) in [7, 11) is 3.18. The van der Waals surface area contributed by atoms with Crippen LogP contribution in [0.2, 0.25) is 5.15 Å². The van der Waals surface area contributed by atoms with E-state index < -0.39 is 12.1 Å². The summed E-state index contributed by atoms with van der Waals surface area (Å²) in [4.78, 5) is 8.44. The van der Waals surface area contributed by atoms with Crippen molar-refractivity contribution in [2.24, 2.45) is 10.7 Å². The molecular formula is C25H24ClF3N6O3. The summed E-state index contributed by atoms with van der Waals surface area (Å²) >= 11 is 5.98. The Kier molecular flexibility index (Phi) is 6.72. The predicted octanol–water partition coefficient (Wildman–Crippen LogP) is 3.79. The highest BCUT2D eigenvalue weighted by Gasteiger charge is 2.41. The third kappa shape index (κ3) is 5.02. The molecule has 13 heteroatoms. The lowest BCUT2D eigenvalue weighted by Crippen LogP contribution is -2.66. The second-order valence-corrected chi connectivity index (χ2v) is 9.08. The zero-order valence-electron chi connectivity index (χ0n) is 20.3. The van der Waals surface area contributed by atoms with Gasteiger partial charge in [-0.25, -0.2) is 4.98 Å². The van der Waals surface area contributed by atoms with Crippen molar-refractivity contribution in [1.29, 1.82) is 0 Å². The van der Waals surface area contributed by atoms with Crippen LogP contribution in [0.5, 0.6) is 11.5 Å². The maximum absolute atomic E-state index is 12.6. The third-order valence-corrected chi connectivity index (χ3v) is 6.54. The molecule has 0 spiro atoms. The number of ether oxygens (including phenoxy) is 3. The van der Waals surface area contributed by atoms with Gasteiger partial charge in [0.15, 0.2) is 5.79 Å². The minimum atomic E-state index is -4.77. The summed E-state index contributed by atoms with van der Waals surface area (Å²) in [6.07, 6.45) is -1.54. The van der Waals surface area contributed by atoms with Crippen molar-refractivity contribution in [2.75, 3.05) is 27.4 Å². The zero-order valence-corrected chi connectivity index (χ0v) is 21.1. The molecule has 0 saturated heterocycles. The molecule has 0 radical (unpaired) electrons. The van der Waals surface area contributed by atoms with Gasteiger partial charge >= 0.3 is 6.36 Å². The number of imidazole rings is 1. The fraction of sp³-hybridized carbons (Fsp3) is 0.280. The van der Waals surface area contributed by atoms with Gasteiger partial charge in [0.05, 0.1) is 26.0 Å². The van der Waals surface area contributed by atoms with Crippen LogP contribution in [-0.4, -0.2) is 49.1 Å². The molecule has 2 aliphatic rings. The van der Waals surface area contributed by atoms with Gasteiger partial charge in [-0.3, -0.25) is 10.7 Å². The fourth-order valence-corrected chi connectivity index (χ4v) is 4.73. The average molecular weight is 549 g/mol. The van der Waals surface area contributed by atoms with Gasteiger partial charge in [0.2, 0.25) is 0 Å². The van der Waals surface area contributed by atoms with E-state index in [0.29, 0.717) is 34.6 Å². The molecule has 3 aromatic rings. The van der Waals surface area contributed by atoms with Gasteiger partial charge in [-0.2, -0.15) is 0 Å². The van der Waals surface area contributed by atoms with Gasteiger partial charge in [-0.15, -0.1) is 13.2 Å². The number of methoxy groups -OCH3 is 1. The van der Waals surface area contributed by atoms with E-state index in [1.807, 2.05) is 12.1 Å². The molecule has 0 amide bonds. The van der Waals surface area contributed by atoms with E-state index >= 15 is 0 Å². The number of nitrogens with zero attached hydrogens (tertiary/aromatic N) is 3. The number of halogens is 4. The fourth-order valence-electron chi connectivity index (χ4n) is 4.58. The predicted molar refractivity (Wildman–Crippen MR) is 134 cm³/mol. The Morgan fingerprint density at radius 3 is 2.61 bits per heavy atom. The molecule has 2 atom stereocenters. The molecule has 4 N–H and O–H groups in total. The van der Waals surface area contributed by atoms with Gasteiger partial charge in [-0.1, -0.05) is 29.8 Å². The van der Waals surface area contributed by atoms with E-state index in [0.717, 1.165) is 16.8 Å². The SMILES string of the molecule is CN=C1NC(N)(c2ccc(-n3cnc(Cl)c3)c(OC)c2)NC2=C1COCC2c1ccc(OC(F)(F)F)cc1. The number of aromatic nitrogens is 2. The lowest BCUT2D eigenvalue weighted by Gasteiger charge is -2.44. The van der Waals surface area contributed by atoms with Crippen molar-refractivity contribution in [1.82, 2.24) is 20.2 Å². The Hall–Kier alpha value is -3.74. The molecule has 0 aliphatic carbocycles. The number of hydrogen-bond acceptors (Lipinski definition) is 7. The first-order valence-electron chi connectivity index (χ1n) is 11.5. The summed E-state index contributed by atoms with van der Waals surface area (Å²) in [6, 6.07) is 11.2. The molecule has 2 aliphatic heterocycles. The first-order valence-corrected chi connectivity index (χ1v) is 11.9. The summed E-state index contributed by atoms with van der Waals surface area (Å²) in [5, 5.41) is 7.00. The van der Waals surface area contributed by atoms with Crippen LogP contribution in [0.4, 0.5) is 13.2 Å². The van der Waals surface area contributed by atoms with Gasteiger partial charge in [0.1, 0.15) is 28.8 Å². The van der Waals surface area contributed by atoms with Gasteiger partial charge in [0.25, 0.3) is 0 Å². The first-order chi connectivity index (χ1) is 18.1. The molecule has 5 rings (SSSR count). The lowest BCUT2D eigenvalue weighted by atomic mass is 9.88. The largest absolute Gasteiger partial charge is 0.573 e. The monoisotopic (exact) mass is 548 g/mol.